The van der Waals surface area contributed by atoms with Crippen molar-refractivity contribution < 1.29 is 67.4 Å². The van der Waals surface area contributed by atoms with Gasteiger partial charge in [-0.1, -0.05) is 77.0 Å². The maximum absolute atomic E-state index is 14.5. The SMILES string of the molecule is C#CCOC(=O)C[C@H]1CC[C@@H](C[C@@H](C)[C@@H]2CC(=O)[C@H](C)/C=C(\C)[C@@H](O)[C@@H](OC)C(=O)[C@H](C)C[C@H](C)/C=C/C=C/C=C(\C)[C@@H](OC)C[C@@H]3CC[C@@H](C)[C@@](O)(O3)C(=O)C(=O)N3CCCC[C@H]3C(=O)O2)C[C@H]1OC. The first kappa shape index (κ1) is 59.3. The van der Waals surface area contributed by atoms with Crippen molar-refractivity contribution in [2.75, 3.05) is 34.5 Å². The van der Waals surface area contributed by atoms with E-state index in [-0.39, 0.29) is 73.8 Å². The number of ketones is 3. The zero-order chi connectivity index (χ0) is 52.6. The maximum Gasteiger partial charge on any atom is 0.329 e. The monoisotopic (exact) mass is 994 g/mol. The second kappa shape index (κ2) is 28.2. The summed E-state index contributed by atoms with van der Waals surface area (Å²) in [6, 6.07) is -1.17. The van der Waals surface area contributed by atoms with Crippen LogP contribution in [0.2, 0.25) is 0 Å². The molecule has 4 rings (SSSR count). The Balaban J connectivity index is 1.69. The highest BCUT2D eigenvalue weighted by Gasteiger charge is 2.53. The summed E-state index contributed by atoms with van der Waals surface area (Å²) in [7, 11) is 4.55. The van der Waals surface area contributed by atoms with Crippen molar-refractivity contribution in [1.29, 1.82) is 0 Å². The number of aliphatic hydroxyl groups is 2. The molecular weight excluding hydrogens is 911 g/mol. The molecule has 71 heavy (non-hydrogen) atoms. The first-order chi connectivity index (χ1) is 33.7. The smallest absolute Gasteiger partial charge is 0.329 e. The molecule has 3 aliphatic heterocycles. The molecule has 2 saturated heterocycles. The summed E-state index contributed by atoms with van der Waals surface area (Å²) in [5.41, 5.74) is 1.24. The second-order valence-electron chi connectivity index (χ2n) is 20.9. The van der Waals surface area contributed by atoms with E-state index in [2.05, 4.69) is 5.92 Å². The number of amides is 1. The van der Waals surface area contributed by atoms with Crippen molar-refractivity contribution in [2.45, 2.75) is 180 Å². The summed E-state index contributed by atoms with van der Waals surface area (Å²) in [6.45, 7) is 12.6. The van der Waals surface area contributed by atoms with Gasteiger partial charge in [0.05, 0.1) is 24.7 Å². The van der Waals surface area contributed by atoms with E-state index in [9.17, 15) is 39.0 Å². The number of hydrogen-bond acceptors (Lipinski definition) is 14. The third-order valence-electron chi connectivity index (χ3n) is 15.4. The van der Waals surface area contributed by atoms with Crippen LogP contribution in [0.5, 0.6) is 0 Å². The largest absolute Gasteiger partial charge is 0.460 e. The van der Waals surface area contributed by atoms with E-state index in [0.717, 1.165) is 12.0 Å². The Hall–Kier alpha value is -4.30. The topological polar surface area (TPSA) is 201 Å². The minimum Gasteiger partial charge on any atom is -0.460 e. The number of carbonyl (C=O) groups excluding carboxylic acids is 6. The predicted octanol–water partition coefficient (Wildman–Crippen LogP) is 7.00. The van der Waals surface area contributed by atoms with Crippen molar-refractivity contribution in [2.24, 2.45) is 41.4 Å². The molecular formula is C56H83NO14. The van der Waals surface area contributed by atoms with E-state index in [1.165, 1.54) is 12.0 Å². The zero-order valence-electron chi connectivity index (χ0n) is 44.0. The average Bonchev–Trinajstić information content (AvgIpc) is 3.35. The lowest BCUT2D eigenvalue weighted by molar-refractivity contribution is -0.265. The van der Waals surface area contributed by atoms with Gasteiger partial charge in [-0.15, -0.1) is 6.42 Å². The van der Waals surface area contributed by atoms with Crippen molar-refractivity contribution in [3.05, 3.63) is 47.6 Å². The number of terminal acetylenes is 1. The molecule has 2 N–H and O–H groups in total. The van der Waals surface area contributed by atoms with Gasteiger partial charge in [0, 0.05) is 58.5 Å². The van der Waals surface area contributed by atoms with E-state index in [1.54, 1.807) is 41.1 Å². The summed E-state index contributed by atoms with van der Waals surface area (Å²) >= 11 is 0. The lowest BCUT2D eigenvalue weighted by Gasteiger charge is -2.42. The summed E-state index contributed by atoms with van der Waals surface area (Å²) < 4.78 is 34.9. The number of rotatable bonds is 9. The van der Waals surface area contributed by atoms with Gasteiger partial charge in [-0.25, -0.2) is 4.79 Å². The molecule has 1 saturated carbocycles. The van der Waals surface area contributed by atoms with Crippen molar-refractivity contribution in [1.82, 2.24) is 4.90 Å². The first-order valence-electron chi connectivity index (χ1n) is 25.8. The number of cyclic esters (lactones) is 1. The number of methoxy groups -OCH3 is 3. The summed E-state index contributed by atoms with van der Waals surface area (Å²) in [4.78, 5) is 84.8. The van der Waals surface area contributed by atoms with E-state index in [1.807, 2.05) is 58.1 Å². The van der Waals surface area contributed by atoms with Crippen LogP contribution in [0.25, 0.3) is 0 Å². The van der Waals surface area contributed by atoms with Crippen LogP contribution in [-0.4, -0.2) is 133 Å². The molecule has 15 nitrogen and oxygen atoms in total. The number of Topliss-reactive ketones (excluding diaryl/α,β-unsaturated/α-hetero) is 3. The molecule has 1 amide bonds. The number of aliphatic hydroxyl groups excluding tert-OH is 1. The van der Waals surface area contributed by atoms with E-state index >= 15 is 0 Å². The molecule has 0 aromatic carbocycles. The normalized spacial score (nSPS) is 37.8. The van der Waals surface area contributed by atoms with Gasteiger partial charge < -0.3 is 43.5 Å². The van der Waals surface area contributed by atoms with Gasteiger partial charge in [-0.3, -0.25) is 24.0 Å². The number of carbonyl (C=O) groups is 6. The number of hydrogen-bond donors (Lipinski definition) is 2. The molecule has 0 unspecified atom stereocenters. The molecule has 3 fully saturated rings. The molecule has 2 bridgehead atoms. The fourth-order valence-electron chi connectivity index (χ4n) is 10.9. The van der Waals surface area contributed by atoms with Crippen LogP contribution >= 0.6 is 0 Å². The highest BCUT2D eigenvalue weighted by Crippen LogP contribution is 2.39. The number of ether oxygens (including phenoxy) is 6. The van der Waals surface area contributed by atoms with Crippen LogP contribution in [0.15, 0.2) is 47.6 Å². The zero-order valence-corrected chi connectivity index (χ0v) is 44.0. The quantitative estimate of drug-likeness (QED) is 0.103. The van der Waals surface area contributed by atoms with Crippen molar-refractivity contribution in [3.63, 3.8) is 0 Å². The van der Waals surface area contributed by atoms with Crippen LogP contribution in [0.4, 0.5) is 0 Å². The summed E-state index contributed by atoms with van der Waals surface area (Å²) in [5, 5.41) is 23.5. The number of esters is 2. The highest BCUT2D eigenvalue weighted by molar-refractivity contribution is 6.39. The van der Waals surface area contributed by atoms with Gasteiger partial charge in [0.15, 0.2) is 12.4 Å². The fourth-order valence-corrected chi connectivity index (χ4v) is 10.9. The molecule has 15 heteroatoms. The molecule has 0 spiro atoms. The highest BCUT2D eigenvalue weighted by atomic mass is 16.6. The lowest BCUT2D eigenvalue weighted by atomic mass is 9.74. The van der Waals surface area contributed by atoms with Crippen LogP contribution in [0, 0.1) is 53.8 Å². The minimum atomic E-state index is -2.45. The number of nitrogens with zero attached hydrogens (tertiary/aromatic N) is 1. The predicted molar refractivity (Wildman–Crippen MR) is 267 cm³/mol. The Labute approximate surface area is 422 Å². The number of allylic oxidation sites excluding steroid dienone is 6. The lowest BCUT2D eigenvalue weighted by Crippen LogP contribution is -2.61. The first-order valence-corrected chi connectivity index (χ1v) is 25.8. The van der Waals surface area contributed by atoms with E-state index in [0.29, 0.717) is 63.4 Å². The van der Waals surface area contributed by atoms with Gasteiger partial charge in [0.2, 0.25) is 5.79 Å². The average molecular weight is 994 g/mol. The van der Waals surface area contributed by atoms with E-state index < -0.39 is 83.7 Å². The van der Waals surface area contributed by atoms with Gasteiger partial charge in [-0.05, 0) is 113 Å². The molecule has 15 atom stereocenters. The van der Waals surface area contributed by atoms with Crippen LogP contribution in [0.1, 0.15) is 132 Å². The Morgan fingerprint density at radius 3 is 2.32 bits per heavy atom. The van der Waals surface area contributed by atoms with Crippen LogP contribution in [0.3, 0.4) is 0 Å². The maximum atomic E-state index is 14.5. The third-order valence-corrected chi connectivity index (χ3v) is 15.4. The molecule has 0 aromatic rings. The van der Waals surface area contributed by atoms with Gasteiger partial charge in [0.1, 0.15) is 30.1 Å². The molecule has 1 aliphatic carbocycles. The Bertz CT molecular complexity index is 2000. The molecule has 4 aliphatic rings. The molecule has 3 heterocycles. The van der Waals surface area contributed by atoms with Crippen molar-refractivity contribution in [3.8, 4) is 12.3 Å². The number of fused-ring (bicyclic) bond motifs is 3. The molecule has 396 valence electrons. The Morgan fingerprint density at radius 1 is 0.915 bits per heavy atom. The fraction of sp³-hybridized carbons (Fsp3) is 0.714. The summed E-state index contributed by atoms with van der Waals surface area (Å²) in [6.07, 6.45) is 17.2. The molecule has 0 radical (unpaired) electrons. The Morgan fingerprint density at radius 2 is 1.65 bits per heavy atom. The van der Waals surface area contributed by atoms with Crippen LogP contribution in [-0.2, 0) is 57.2 Å². The van der Waals surface area contributed by atoms with Crippen molar-refractivity contribution >= 4 is 35.2 Å². The van der Waals surface area contributed by atoms with Gasteiger partial charge in [-0.2, -0.15) is 0 Å². The second-order valence-corrected chi connectivity index (χ2v) is 20.9. The van der Waals surface area contributed by atoms with Crippen LogP contribution < -0.4 is 0 Å². The third kappa shape index (κ3) is 16.3. The minimum absolute atomic E-state index is 0.00600. The van der Waals surface area contributed by atoms with Gasteiger partial charge >= 0.3 is 11.9 Å². The Kier molecular flexibility index (Phi) is 23.6. The number of piperidine rings is 1. The van der Waals surface area contributed by atoms with Gasteiger partial charge in [0.25, 0.3) is 11.7 Å². The standard InChI is InChI=1S/C56H83NO14/c1-12-26-69-49(59)31-42-23-22-41(30-48(42)67-10)29-37(5)47-33-45(58)36(4)28-39(7)51(61)52(68-11)50(60)38(6)27-34(2)18-14-13-15-19-35(3)46(66-9)32-43-24-21-40(8)56(65,71-43)53(62)54(63)57-25-17-16-20-44(57)55(64)70-47/h1,13-15,18-19,28,34,36-38,40-44,46-48,51-52,61,65H,16-17,20-27,29-33H2,2-11H3/b15-13+,18-14+,35-19+,39-28+/t34-,36-,37-,38-,40-,41+,42-,43+,44+,46+,47+,48-,51-,52+,56-/m1/s1. The van der Waals surface area contributed by atoms with E-state index in [4.69, 9.17) is 34.8 Å². The molecule has 0 aromatic heterocycles. The summed E-state index contributed by atoms with van der Waals surface area (Å²) in [5.74, 6) is -6.36.